The van der Waals surface area contributed by atoms with E-state index in [1.165, 1.54) is 18.4 Å². The number of ether oxygens (including phenoxy) is 1. The van der Waals surface area contributed by atoms with Gasteiger partial charge >= 0.3 is 0 Å². The fourth-order valence-electron chi connectivity index (χ4n) is 3.10. The van der Waals surface area contributed by atoms with Crippen molar-refractivity contribution in [2.75, 3.05) is 6.54 Å². The lowest BCUT2D eigenvalue weighted by atomic mass is 9.97. The maximum atomic E-state index is 5.79. The number of hydrogen-bond donors (Lipinski definition) is 1. The summed E-state index contributed by atoms with van der Waals surface area (Å²) in [4.78, 5) is 0. The highest BCUT2D eigenvalue weighted by Crippen LogP contribution is 2.19. The van der Waals surface area contributed by atoms with E-state index in [4.69, 9.17) is 4.74 Å². The molecular weight excluding hydrogens is 246 g/mol. The maximum absolute atomic E-state index is 5.79. The Morgan fingerprint density at radius 2 is 1.80 bits per heavy atom. The molecule has 0 bridgehead atoms. The quantitative estimate of drug-likeness (QED) is 0.852. The van der Waals surface area contributed by atoms with Crippen LogP contribution in [0.25, 0.3) is 0 Å². The van der Waals surface area contributed by atoms with Crippen molar-refractivity contribution in [2.45, 2.75) is 64.7 Å². The van der Waals surface area contributed by atoms with Crippen LogP contribution >= 0.6 is 0 Å². The van der Waals surface area contributed by atoms with E-state index < -0.39 is 0 Å². The van der Waals surface area contributed by atoms with Gasteiger partial charge in [0.2, 0.25) is 0 Å². The van der Waals surface area contributed by atoms with Gasteiger partial charge in [-0.05, 0) is 57.6 Å². The lowest BCUT2D eigenvalue weighted by Crippen LogP contribution is -2.42. The van der Waals surface area contributed by atoms with Crippen molar-refractivity contribution < 1.29 is 4.74 Å². The molecule has 2 rings (SSSR count). The van der Waals surface area contributed by atoms with E-state index >= 15 is 0 Å². The minimum Gasteiger partial charge on any atom is -0.375 e. The van der Waals surface area contributed by atoms with Crippen molar-refractivity contribution in [1.82, 2.24) is 5.32 Å². The maximum Gasteiger partial charge on any atom is 0.0565 e. The van der Waals surface area contributed by atoms with Gasteiger partial charge in [-0.2, -0.15) is 0 Å². The second-order valence-electron chi connectivity index (χ2n) is 6.46. The first kappa shape index (κ1) is 15.5. The van der Waals surface area contributed by atoms with Crippen LogP contribution in [0.5, 0.6) is 0 Å². The van der Waals surface area contributed by atoms with E-state index in [2.05, 4.69) is 56.4 Å². The van der Waals surface area contributed by atoms with Crippen molar-refractivity contribution in [3.05, 3.63) is 35.9 Å². The van der Waals surface area contributed by atoms with E-state index in [1.54, 1.807) is 0 Å². The average molecular weight is 275 g/mol. The van der Waals surface area contributed by atoms with Crippen molar-refractivity contribution in [2.24, 2.45) is 5.92 Å². The van der Waals surface area contributed by atoms with Crippen molar-refractivity contribution in [3.8, 4) is 0 Å². The van der Waals surface area contributed by atoms with Crippen LogP contribution in [0.1, 0.15) is 45.6 Å². The van der Waals surface area contributed by atoms with Gasteiger partial charge in [0, 0.05) is 6.04 Å². The van der Waals surface area contributed by atoms with Crippen molar-refractivity contribution in [3.63, 3.8) is 0 Å². The number of benzene rings is 1. The van der Waals surface area contributed by atoms with Crippen molar-refractivity contribution in [1.29, 1.82) is 0 Å². The summed E-state index contributed by atoms with van der Waals surface area (Å²) >= 11 is 0. The molecule has 0 aromatic heterocycles. The predicted octanol–water partition coefficient (Wildman–Crippen LogP) is 3.80. The molecule has 1 heterocycles. The first-order chi connectivity index (χ1) is 9.63. The third kappa shape index (κ3) is 5.26. The van der Waals surface area contributed by atoms with Gasteiger partial charge < -0.3 is 10.1 Å². The zero-order valence-electron chi connectivity index (χ0n) is 13.1. The summed E-state index contributed by atoms with van der Waals surface area (Å²) in [5, 5.41) is 3.74. The summed E-state index contributed by atoms with van der Waals surface area (Å²) in [6.45, 7) is 7.84. The number of nitrogens with one attached hydrogen (secondary N) is 1. The predicted molar refractivity (Wildman–Crippen MR) is 85.0 cm³/mol. The Labute approximate surface area is 123 Å². The Bertz CT molecular complexity index is 368. The van der Waals surface area contributed by atoms with Gasteiger partial charge in [0.05, 0.1) is 12.2 Å². The third-order valence-electron chi connectivity index (χ3n) is 4.22. The van der Waals surface area contributed by atoms with Crippen LogP contribution in [-0.2, 0) is 11.2 Å². The van der Waals surface area contributed by atoms with Gasteiger partial charge in [-0.1, -0.05) is 37.3 Å². The second kappa shape index (κ2) is 7.80. The smallest absolute Gasteiger partial charge is 0.0565 e. The summed E-state index contributed by atoms with van der Waals surface area (Å²) < 4.78 is 5.79. The average Bonchev–Trinajstić information content (AvgIpc) is 2.43. The molecule has 112 valence electrons. The molecule has 0 radical (unpaired) electrons. The molecule has 1 fully saturated rings. The van der Waals surface area contributed by atoms with Gasteiger partial charge in [0.1, 0.15) is 0 Å². The Kier molecular flexibility index (Phi) is 6.06. The Hall–Kier alpha value is -0.860. The normalized spacial score (nSPS) is 28.2. The molecule has 0 amide bonds. The Morgan fingerprint density at radius 3 is 2.45 bits per heavy atom. The lowest BCUT2D eigenvalue weighted by Gasteiger charge is -2.33. The van der Waals surface area contributed by atoms with Gasteiger partial charge in [0.25, 0.3) is 0 Å². The van der Waals surface area contributed by atoms with Crippen LogP contribution in [0.15, 0.2) is 30.3 Å². The summed E-state index contributed by atoms with van der Waals surface area (Å²) in [7, 11) is 0. The minimum atomic E-state index is 0.399. The van der Waals surface area contributed by atoms with Crippen molar-refractivity contribution >= 4 is 0 Å². The number of aryl methyl sites for hydroxylation is 1. The molecule has 1 aromatic carbocycles. The van der Waals surface area contributed by atoms with Gasteiger partial charge in [-0.3, -0.25) is 0 Å². The molecule has 1 aliphatic heterocycles. The largest absolute Gasteiger partial charge is 0.375 e. The topological polar surface area (TPSA) is 21.3 Å². The fourth-order valence-corrected chi connectivity index (χ4v) is 3.10. The highest BCUT2D eigenvalue weighted by molar-refractivity contribution is 5.14. The zero-order valence-corrected chi connectivity index (χ0v) is 13.1. The van der Waals surface area contributed by atoms with Gasteiger partial charge in [-0.25, -0.2) is 0 Å². The Morgan fingerprint density at radius 1 is 1.15 bits per heavy atom. The number of rotatable bonds is 6. The molecule has 2 heteroatoms. The summed E-state index contributed by atoms with van der Waals surface area (Å²) in [5.74, 6) is 0.726. The van der Waals surface area contributed by atoms with Crippen LogP contribution in [0, 0.1) is 5.92 Å². The first-order valence-corrected chi connectivity index (χ1v) is 8.06. The van der Waals surface area contributed by atoms with E-state index in [-0.39, 0.29) is 0 Å². The summed E-state index contributed by atoms with van der Waals surface area (Å²) in [5.41, 5.74) is 1.45. The molecule has 2 nitrogen and oxygen atoms in total. The Balaban J connectivity index is 1.66. The fraction of sp³-hybridized carbons (Fsp3) is 0.667. The van der Waals surface area contributed by atoms with E-state index in [0.29, 0.717) is 18.2 Å². The zero-order chi connectivity index (χ0) is 14.4. The van der Waals surface area contributed by atoms with E-state index in [9.17, 15) is 0 Å². The van der Waals surface area contributed by atoms with Crippen LogP contribution < -0.4 is 5.32 Å². The highest BCUT2D eigenvalue weighted by atomic mass is 16.5. The molecule has 3 unspecified atom stereocenters. The molecular formula is C18H29NO. The van der Waals surface area contributed by atoms with Crippen LogP contribution in [0.2, 0.25) is 0 Å². The van der Waals surface area contributed by atoms with Gasteiger partial charge in [0.15, 0.2) is 0 Å². The molecule has 1 N–H and O–H groups in total. The van der Waals surface area contributed by atoms with Crippen LogP contribution in [-0.4, -0.2) is 24.8 Å². The molecule has 3 atom stereocenters. The molecule has 0 saturated carbocycles. The number of hydrogen-bond acceptors (Lipinski definition) is 2. The van der Waals surface area contributed by atoms with Crippen LogP contribution in [0.3, 0.4) is 0 Å². The monoisotopic (exact) mass is 275 g/mol. The third-order valence-corrected chi connectivity index (χ3v) is 4.22. The lowest BCUT2D eigenvalue weighted by molar-refractivity contribution is -0.0424. The molecule has 20 heavy (non-hydrogen) atoms. The second-order valence-corrected chi connectivity index (χ2v) is 6.46. The van der Waals surface area contributed by atoms with Gasteiger partial charge in [-0.15, -0.1) is 0 Å². The van der Waals surface area contributed by atoms with E-state index in [1.807, 2.05) is 0 Å². The SMILES string of the molecule is CC(CCc1ccccc1)CNC1CC(C)OC(C)C1. The standard InChI is InChI=1S/C18H29NO/c1-14(9-10-17-7-5-4-6-8-17)13-19-18-11-15(2)20-16(3)12-18/h4-8,14-16,18-19H,9-13H2,1-3H3. The molecule has 1 aromatic rings. The molecule has 0 spiro atoms. The van der Waals surface area contributed by atoms with E-state index in [0.717, 1.165) is 25.3 Å². The summed E-state index contributed by atoms with van der Waals surface area (Å²) in [6.07, 6.45) is 5.54. The molecule has 1 aliphatic rings. The summed E-state index contributed by atoms with van der Waals surface area (Å²) in [6, 6.07) is 11.4. The highest BCUT2D eigenvalue weighted by Gasteiger charge is 2.24. The van der Waals surface area contributed by atoms with Crippen LogP contribution in [0.4, 0.5) is 0 Å². The minimum absolute atomic E-state index is 0.399. The molecule has 1 saturated heterocycles. The first-order valence-electron chi connectivity index (χ1n) is 8.06. The molecule has 0 aliphatic carbocycles.